The van der Waals surface area contributed by atoms with Gasteiger partial charge in [0, 0.05) is 66.5 Å². The van der Waals surface area contributed by atoms with E-state index in [0.29, 0.717) is 0 Å². The van der Waals surface area contributed by atoms with E-state index in [0.717, 1.165) is 0 Å². The molecule has 1 nitrogen and oxygen atoms in total. The maximum atomic E-state index is 0. The molecule has 0 aliphatic heterocycles. The largest absolute Gasteiger partial charge is 0.344 e. The molecule has 0 aliphatic carbocycles. The summed E-state index contributed by atoms with van der Waals surface area (Å²) < 4.78 is 0. The average molecular weight is 207 g/mol. The SMILES string of the molecule is N.[Ti].[V].[Zr]. The molecule has 4 heavy (non-hydrogen) atoms. The van der Waals surface area contributed by atoms with E-state index in [9.17, 15) is 0 Å². The zero-order valence-corrected chi connectivity index (χ0v) is 7.57. The molecule has 0 amide bonds. The molecule has 0 rings (SSSR count). The maximum absolute atomic E-state index is 0. The summed E-state index contributed by atoms with van der Waals surface area (Å²) in [6, 6.07) is 0. The van der Waals surface area contributed by atoms with Crippen molar-refractivity contribution in [3.8, 4) is 0 Å². The van der Waals surface area contributed by atoms with Crippen LogP contribution < -0.4 is 6.15 Å². The minimum absolute atomic E-state index is 0. The van der Waals surface area contributed by atoms with Gasteiger partial charge in [-0.2, -0.15) is 0 Å². The molecule has 1 radical (unpaired) electrons. The van der Waals surface area contributed by atoms with Crippen molar-refractivity contribution < 1.29 is 66.5 Å². The Morgan fingerprint density at radius 1 is 1.00 bits per heavy atom. The van der Waals surface area contributed by atoms with Crippen LogP contribution in [-0.4, -0.2) is 0 Å². The van der Waals surface area contributed by atoms with Crippen molar-refractivity contribution in [3.05, 3.63) is 0 Å². The quantitative estimate of drug-likeness (QED) is 0.564. The molecule has 0 aromatic rings. The van der Waals surface area contributed by atoms with Crippen molar-refractivity contribution >= 4 is 0 Å². The first-order valence-corrected chi connectivity index (χ1v) is 0. The zero-order valence-electron chi connectivity index (χ0n) is 2.15. The predicted molar refractivity (Wildman–Crippen MR) is 5.02 cm³/mol. The molecule has 4 heteroatoms. The monoisotopic (exact) mass is 206 g/mol. The molecule has 0 aliphatic rings. The summed E-state index contributed by atoms with van der Waals surface area (Å²) in [5.74, 6) is 0. The molecule has 0 aromatic heterocycles. The van der Waals surface area contributed by atoms with Crippen LogP contribution in [0.4, 0.5) is 0 Å². The van der Waals surface area contributed by atoms with Crippen molar-refractivity contribution in [2.75, 3.05) is 0 Å². The van der Waals surface area contributed by atoms with Crippen LogP contribution in [0.1, 0.15) is 0 Å². The standard InChI is InChI=1S/H3N.Ti.V.Zr/h1H3;;;. The molecule has 0 spiro atoms. The summed E-state index contributed by atoms with van der Waals surface area (Å²) in [5.41, 5.74) is 0. The summed E-state index contributed by atoms with van der Waals surface area (Å²) in [6.07, 6.45) is 0. The van der Waals surface area contributed by atoms with Crippen LogP contribution in [0.3, 0.4) is 0 Å². The molecule has 3 N–H and O–H groups in total. The minimum Gasteiger partial charge on any atom is -0.344 e. The normalized spacial score (nSPS) is 0. The van der Waals surface area contributed by atoms with Gasteiger partial charge in [-0.05, 0) is 0 Å². The van der Waals surface area contributed by atoms with Crippen molar-refractivity contribution in [2.45, 2.75) is 0 Å². The van der Waals surface area contributed by atoms with Gasteiger partial charge in [-0.25, -0.2) is 0 Å². The van der Waals surface area contributed by atoms with Gasteiger partial charge in [0.2, 0.25) is 0 Å². The fraction of sp³-hybridized carbons (Fsp3) is 0. The van der Waals surface area contributed by atoms with E-state index in [4.69, 9.17) is 0 Å². The van der Waals surface area contributed by atoms with Gasteiger partial charge in [0.25, 0.3) is 0 Å². The fourth-order valence-corrected chi connectivity index (χ4v) is 0. The fourth-order valence-electron chi connectivity index (χ4n) is 0. The Hall–Kier alpha value is 2.14. The molecular weight excluding hydrogens is 204 g/mol. The second kappa shape index (κ2) is 19.2. The molecule has 0 atom stereocenters. The first kappa shape index (κ1) is 35.4. The molecule has 0 unspecified atom stereocenters. The van der Waals surface area contributed by atoms with Gasteiger partial charge in [-0.3, -0.25) is 0 Å². The van der Waals surface area contributed by atoms with Crippen LogP contribution in [0.25, 0.3) is 0 Å². The van der Waals surface area contributed by atoms with E-state index in [1.807, 2.05) is 0 Å². The van der Waals surface area contributed by atoms with E-state index < -0.39 is 0 Å². The van der Waals surface area contributed by atoms with Crippen molar-refractivity contribution in [1.29, 1.82) is 0 Å². The third-order valence-corrected chi connectivity index (χ3v) is 0. The molecule has 21 valence electrons. The maximum Gasteiger partial charge on any atom is 0 e. The topological polar surface area (TPSA) is 35.0 Å². The van der Waals surface area contributed by atoms with Crippen molar-refractivity contribution in [2.24, 2.45) is 0 Å². The van der Waals surface area contributed by atoms with E-state index >= 15 is 0 Å². The Morgan fingerprint density at radius 3 is 1.00 bits per heavy atom. The average Bonchev–Trinajstić information content (AvgIpc) is 0. The van der Waals surface area contributed by atoms with Crippen LogP contribution in [0.15, 0.2) is 0 Å². The number of hydrogen-bond donors (Lipinski definition) is 1. The number of hydrogen-bond acceptors (Lipinski definition) is 1. The Morgan fingerprint density at radius 2 is 1.00 bits per heavy atom. The van der Waals surface area contributed by atoms with Crippen LogP contribution in [-0.2, 0) is 66.5 Å². The number of rotatable bonds is 0. The second-order valence-corrected chi connectivity index (χ2v) is 0. The van der Waals surface area contributed by atoms with Gasteiger partial charge < -0.3 is 6.15 Å². The Labute approximate surface area is 71.8 Å². The molecule has 0 heterocycles. The first-order valence-electron chi connectivity index (χ1n) is 0. The minimum atomic E-state index is 0. The Bertz CT molecular complexity index is 8.00. The Kier molecular flexibility index (Phi) is 170. The molecule has 0 saturated carbocycles. The molecular formula is H3NTiVZr. The zero-order chi connectivity index (χ0) is 0. The van der Waals surface area contributed by atoms with Crippen molar-refractivity contribution in [3.63, 3.8) is 0 Å². The molecule has 0 saturated heterocycles. The summed E-state index contributed by atoms with van der Waals surface area (Å²) in [7, 11) is 0. The smallest absolute Gasteiger partial charge is 0 e. The van der Waals surface area contributed by atoms with Gasteiger partial charge >= 0.3 is 0 Å². The van der Waals surface area contributed by atoms with E-state index in [1.54, 1.807) is 0 Å². The van der Waals surface area contributed by atoms with Gasteiger partial charge in [-0.1, -0.05) is 0 Å². The van der Waals surface area contributed by atoms with E-state index in [1.165, 1.54) is 0 Å². The first-order chi connectivity index (χ1) is 0. The van der Waals surface area contributed by atoms with E-state index in [-0.39, 0.29) is 72.6 Å². The summed E-state index contributed by atoms with van der Waals surface area (Å²) >= 11 is 0. The van der Waals surface area contributed by atoms with Crippen LogP contribution in [0.5, 0.6) is 0 Å². The predicted octanol–water partition coefficient (Wildman–Crippen LogP) is 0.154. The second-order valence-electron chi connectivity index (χ2n) is 0. The van der Waals surface area contributed by atoms with Crippen LogP contribution >= 0.6 is 0 Å². The molecule has 0 bridgehead atoms. The third-order valence-electron chi connectivity index (χ3n) is 0. The summed E-state index contributed by atoms with van der Waals surface area (Å²) in [6.45, 7) is 0. The Balaban J connectivity index is 0. The van der Waals surface area contributed by atoms with Crippen molar-refractivity contribution in [1.82, 2.24) is 6.15 Å². The van der Waals surface area contributed by atoms with Gasteiger partial charge in [0.05, 0.1) is 0 Å². The van der Waals surface area contributed by atoms with Gasteiger partial charge in [0.15, 0.2) is 0 Å². The summed E-state index contributed by atoms with van der Waals surface area (Å²) in [5, 5.41) is 0. The van der Waals surface area contributed by atoms with E-state index in [2.05, 4.69) is 0 Å². The van der Waals surface area contributed by atoms with Gasteiger partial charge in [0.1, 0.15) is 0 Å². The third kappa shape index (κ3) is 8.91. The van der Waals surface area contributed by atoms with Gasteiger partial charge in [-0.15, -0.1) is 0 Å². The summed E-state index contributed by atoms with van der Waals surface area (Å²) in [4.78, 5) is 0. The van der Waals surface area contributed by atoms with Crippen LogP contribution in [0.2, 0.25) is 0 Å². The molecule has 0 aromatic carbocycles. The molecule has 0 fully saturated rings. The van der Waals surface area contributed by atoms with Crippen LogP contribution in [0, 0.1) is 0 Å².